The number of rotatable bonds is 6. The molecule has 1 rings (SSSR count). The molecule has 16 heavy (non-hydrogen) atoms. The molecule has 0 aliphatic carbocycles. The first-order valence-electron chi connectivity index (χ1n) is 5.63. The summed E-state index contributed by atoms with van der Waals surface area (Å²) in [6.07, 6.45) is 1.15. The molecule has 2 nitrogen and oxygen atoms in total. The zero-order valence-corrected chi connectivity index (χ0v) is 9.82. The summed E-state index contributed by atoms with van der Waals surface area (Å²) >= 11 is 0. The lowest BCUT2D eigenvalue weighted by Gasteiger charge is -2.21. The minimum atomic E-state index is -0.651. The van der Waals surface area contributed by atoms with Gasteiger partial charge in [-0.25, -0.2) is 4.39 Å². The van der Waals surface area contributed by atoms with Crippen molar-refractivity contribution >= 4 is 0 Å². The summed E-state index contributed by atoms with van der Waals surface area (Å²) in [5.74, 6) is -0.270. The van der Waals surface area contributed by atoms with Crippen LogP contribution in [0.5, 0.6) is 0 Å². The van der Waals surface area contributed by atoms with Gasteiger partial charge in [0.25, 0.3) is 0 Å². The SMILES string of the molecule is CCCC(OC)C(O)Cc1ccccc1F. The fourth-order valence-electron chi connectivity index (χ4n) is 1.77. The Morgan fingerprint density at radius 1 is 1.38 bits per heavy atom. The number of methoxy groups -OCH3 is 1. The lowest BCUT2D eigenvalue weighted by molar-refractivity contribution is -0.0162. The third kappa shape index (κ3) is 3.58. The average Bonchev–Trinajstić information content (AvgIpc) is 2.29. The van der Waals surface area contributed by atoms with E-state index in [4.69, 9.17) is 4.74 Å². The molecule has 3 heteroatoms. The first-order valence-corrected chi connectivity index (χ1v) is 5.63. The van der Waals surface area contributed by atoms with Crippen molar-refractivity contribution in [1.82, 2.24) is 0 Å². The number of ether oxygens (including phenoxy) is 1. The fourth-order valence-corrected chi connectivity index (χ4v) is 1.77. The van der Waals surface area contributed by atoms with E-state index in [0.717, 1.165) is 12.8 Å². The molecular formula is C13H19FO2. The molecule has 0 aliphatic rings. The van der Waals surface area contributed by atoms with Crippen molar-refractivity contribution in [3.05, 3.63) is 35.6 Å². The second-order valence-corrected chi connectivity index (χ2v) is 3.93. The molecule has 0 amide bonds. The van der Waals surface area contributed by atoms with Gasteiger partial charge in [0.1, 0.15) is 5.82 Å². The van der Waals surface area contributed by atoms with Crippen LogP contribution in [0.4, 0.5) is 4.39 Å². The zero-order chi connectivity index (χ0) is 12.0. The van der Waals surface area contributed by atoms with Crippen molar-refractivity contribution in [3.8, 4) is 0 Å². The number of halogens is 1. The van der Waals surface area contributed by atoms with Crippen LogP contribution in [0.2, 0.25) is 0 Å². The van der Waals surface area contributed by atoms with E-state index in [0.29, 0.717) is 12.0 Å². The van der Waals surface area contributed by atoms with Gasteiger partial charge in [-0.15, -0.1) is 0 Å². The Labute approximate surface area is 96.1 Å². The van der Waals surface area contributed by atoms with Crippen molar-refractivity contribution in [2.75, 3.05) is 7.11 Å². The van der Waals surface area contributed by atoms with Crippen LogP contribution in [-0.2, 0) is 11.2 Å². The first-order chi connectivity index (χ1) is 7.69. The molecule has 0 aliphatic heterocycles. The van der Waals surface area contributed by atoms with Crippen LogP contribution in [0.15, 0.2) is 24.3 Å². The summed E-state index contributed by atoms with van der Waals surface area (Å²) in [4.78, 5) is 0. The van der Waals surface area contributed by atoms with Crippen LogP contribution in [0.3, 0.4) is 0 Å². The van der Waals surface area contributed by atoms with E-state index < -0.39 is 6.10 Å². The number of aliphatic hydroxyl groups is 1. The van der Waals surface area contributed by atoms with E-state index >= 15 is 0 Å². The number of aliphatic hydroxyl groups excluding tert-OH is 1. The van der Waals surface area contributed by atoms with Crippen LogP contribution in [-0.4, -0.2) is 24.4 Å². The Bertz CT molecular complexity index is 315. The van der Waals surface area contributed by atoms with Crippen LogP contribution in [0.25, 0.3) is 0 Å². The van der Waals surface area contributed by atoms with Gasteiger partial charge in [0.15, 0.2) is 0 Å². The molecule has 0 bridgehead atoms. The molecule has 90 valence electrons. The molecule has 0 aromatic heterocycles. The van der Waals surface area contributed by atoms with E-state index in [2.05, 4.69) is 0 Å². The highest BCUT2D eigenvalue weighted by Gasteiger charge is 2.19. The van der Waals surface area contributed by atoms with Crippen molar-refractivity contribution in [3.63, 3.8) is 0 Å². The van der Waals surface area contributed by atoms with Crippen molar-refractivity contribution in [1.29, 1.82) is 0 Å². The molecule has 1 aromatic rings. The van der Waals surface area contributed by atoms with E-state index in [-0.39, 0.29) is 11.9 Å². The Morgan fingerprint density at radius 3 is 2.62 bits per heavy atom. The van der Waals surface area contributed by atoms with Gasteiger partial charge in [0.05, 0.1) is 12.2 Å². The summed E-state index contributed by atoms with van der Waals surface area (Å²) in [6.45, 7) is 2.03. The van der Waals surface area contributed by atoms with E-state index in [1.165, 1.54) is 6.07 Å². The molecule has 0 heterocycles. The lowest BCUT2D eigenvalue weighted by Crippen LogP contribution is -2.30. The standard InChI is InChI=1S/C13H19FO2/c1-3-6-13(16-2)12(15)9-10-7-4-5-8-11(10)14/h4-5,7-8,12-13,15H,3,6,9H2,1-2H3. The highest BCUT2D eigenvalue weighted by Crippen LogP contribution is 2.14. The third-order valence-electron chi connectivity index (χ3n) is 2.69. The summed E-state index contributed by atoms with van der Waals surface area (Å²) in [5, 5.41) is 9.93. The van der Waals surface area contributed by atoms with Gasteiger partial charge >= 0.3 is 0 Å². The van der Waals surface area contributed by atoms with Gasteiger partial charge in [-0.3, -0.25) is 0 Å². The summed E-state index contributed by atoms with van der Waals surface area (Å²) in [5.41, 5.74) is 0.535. The molecule has 2 atom stereocenters. The van der Waals surface area contributed by atoms with E-state index in [9.17, 15) is 9.50 Å². The topological polar surface area (TPSA) is 29.5 Å². The fraction of sp³-hybridized carbons (Fsp3) is 0.538. The molecule has 0 saturated heterocycles. The monoisotopic (exact) mass is 226 g/mol. The zero-order valence-electron chi connectivity index (χ0n) is 9.82. The Morgan fingerprint density at radius 2 is 2.06 bits per heavy atom. The molecule has 1 aromatic carbocycles. The molecule has 0 saturated carbocycles. The predicted octanol–water partition coefficient (Wildman–Crippen LogP) is 2.54. The first kappa shape index (κ1) is 13.1. The third-order valence-corrected chi connectivity index (χ3v) is 2.69. The van der Waals surface area contributed by atoms with Gasteiger partial charge in [0.2, 0.25) is 0 Å². The van der Waals surface area contributed by atoms with Crippen LogP contribution >= 0.6 is 0 Å². The maximum Gasteiger partial charge on any atom is 0.126 e. The van der Waals surface area contributed by atoms with Crippen LogP contribution in [0, 0.1) is 5.82 Å². The minimum absolute atomic E-state index is 0.218. The van der Waals surface area contributed by atoms with Crippen molar-refractivity contribution in [2.45, 2.75) is 38.4 Å². The summed E-state index contributed by atoms with van der Waals surface area (Å²) < 4.78 is 18.5. The minimum Gasteiger partial charge on any atom is -0.390 e. The molecule has 0 fully saturated rings. The summed E-state index contributed by atoms with van der Waals surface area (Å²) in [7, 11) is 1.57. The second kappa shape index (κ2) is 6.61. The summed E-state index contributed by atoms with van der Waals surface area (Å²) in [6, 6.07) is 6.51. The lowest BCUT2D eigenvalue weighted by atomic mass is 10.0. The Balaban J connectivity index is 2.62. The van der Waals surface area contributed by atoms with E-state index in [1.54, 1.807) is 25.3 Å². The van der Waals surface area contributed by atoms with E-state index in [1.807, 2.05) is 6.92 Å². The average molecular weight is 226 g/mol. The maximum absolute atomic E-state index is 13.4. The molecular weight excluding hydrogens is 207 g/mol. The van der Waals surface area contributed by atoms with Crippen LogP contribution in [0.1, 0.15) is 25.3 Å². The molecule has 0 radical (unpaired) electrons. The van der Waals surface area contributed by atoms with Gasteiger partial charge in [-0.1, -0.05) is 31.5 Å². The maximum atomic E-state index is 13.4. The van der Waals surface area contributed by atoms with Crippen LogP contribution < -0.4 is 0 Å². The van der Waals surface area contributed by atoms with Gasteiger partial charge < -0.3 is 9.84 Å². The van der Waals surface area contributed by atoms with Gasteiger partial charge in [0, 0.05) is 13.5 Å². The Hall–Kier alpha value is -0.930. The Kier molecular flexibility index (Phi) is 5.43. The van der Waals surface area contributed by atoms with Gasteiger partial charge in [-0.2, -0.15) is 0 Å². The quantitative estimate of drug-likeness (QED) is 0.807. The predicted molar refractivity (Wildman–Crippen MR) is 61.8 cm³/mol. The number of hydrogen-bond donors (Lipinski definition) is 1. The highest BCUT2D eigenvalue weighted by molar-refractivity contribution is 5.18. The van der Waals surface area contributed by atoms with Gasteiger partial charge in [-0.05, 0) is 18.1 Å². The largest absolute Gasteiger partial charge is 0.390 e. The molecule has 0 spiro atoms. The normalized spacial score (nSPS) is 14.8. The highest BCUT2D eigenvalue weighted by atomic mass is 19.1. The smallest absolute Gasteiger partial charge is 0.126 e. The van der Waals surface area contributed by atoms with Crippen molar-refractivity contribution < 1.29 is 14.2 Å². The number of hydrogen-bond acceptors (Lipinski definition) is 2. The number of benzene rings is 1. The molecule has 1 N–H and O–H groups in total. The van der Waals surface area contributed by atoms with Crippen molar-refractivity contribution in [2.24, 2.45) is 0 Å². The second-order valence-electron chi connectivity index (χ2n) is 3.93. The molecule has 2 unspecified atom stereocenters.